The smallest absolute Gasteiger partial charge is 0.284 e. The van der Waals surface area contributed by atoms with E-state index in [9.17, 15) is 13.2 Å². The van der Waals surface area contributed by atoms with E-state index in [1.807, 2.05) is 25.7 Å². The monoisotopic (exact) mass is 429 g/mol. The van der Waals surface area contributed by atoms with Crippen molar-refractivity contribution >= 4 is 21.9 Å². The van der Waals surface area contributed by atoms with Crippen molar-refractivity contribution in [3.63, 3.8) is 0 Å². The van der Waals surface area contributed by atoms with Crippen molar-refractivity contribution in [1.29, 1.82) is 0 Å². The molecule has 2 heterocycles. The summed E-state index contributed by atoms with van der Waals surface area (Å²) in [6.07, 6.45) is 0.00847. The van der Waals surface area contributed by atoms with Gasteiger partial charge >= 0.3 is 0 Å². The second kappa shape index (κ2) is 10.6. The molecule has 1 aliphatic heterocycles. The summed E-state index contributed by atoms with van der Waals surface area (Å²) < 4.78 is 37.2. The minimum atomic E-state index is -3.34. The number of hydrogen-bond donors (Lipinski definition) is 2. The van der Waals surface area contributed by atoms with E-state index in [-0.39, 0.29) is 30.8 Å². The number of carbonyl (C=O) groups is 1. The molecule has 11 heteroatoms. The predicted molar refractivity (Wildman–Crippen MR) is 110 cm³/mol. The number of ether oxygens (including phenoxy) is 1. The minimum Gasteiger partial charge on any atom is -0.454 e. The SMILES string of the molecule is CCNC(=NCc1ccc(C(N)=O)o1)N1CCN(S(=O)(=O)CCOC(C)C)CC1. The second-order valence-corrected chi connectivity index (χ2v) is 9.01. The van der Waals surface area contributed by atoms with Gasteiger partial charge in [0, 0.05) is 32.7 Å². The molecule has 1 aromatic rings. The van der Waals surface area contributed by atoms with E-state index in [4.69, 9.17) is 14.9 Å². The lowest BCUT2D eigenvalue weighted by molar-refractivity contribution is 0.0904. The van der Waals surface area contributed by atoms with Gasteiger partial charge in [0.05, 0.1) is 18.5 Å². The number of nitrogens with zero attached hydrogens (tertiary/aromatic N) is 3. The lowest BCUT2D eigenvalue weighted by Crippen LogP contribution is -2.54. The number of hydrogen-bond acceptors (Lipinski definition) is 6. The fourth-order valence-corrected chi connectivity index (χ4v) is 4.15. The molecule has 0 bridgehead atoms. The summed E-state index contributed by atoms with van der Waals surface area (Å²) in [4.78, 5) is 17.7. The zero-order valence-corrected chi connectivity index (χ0v) is 18.1. The number of furan rings is 1. The Morgan fingerprint density at radius 3 is 2.55 bits per heavy atom. The molecule has 1 aromatic heterocycles. The zero-order valence-electron chi connectivity index (χ0n) is 17.3. The van der Waals surface area contributed by atoms with Gasteiger partial charge in [0.1, 0.15) is 12.3 Å². The van der Waals surface area contributed by atoms with Gasteiger partial charge in [-0.25, -0.2) is 13.4 Å². The summed E-state index contributed by atoms with van der Waals surface area (Å²) in [7, 11) is -3.34. The Kier molecular flexibility index (Phi) is 8.47. The highest BCUT2D eigenvalue weighted by Gasteiger charge is 2.28. The molecule has 1 saturated heterocycles. The Bertz CT molecular complexity index is 797. The van der Waals surface area contributed by atoms with Crippen LogP contribution in [-0.4, -0.2) is 80.7 Å². The molecule has 0 atom stereocenters. The first-order chi connectivity index (χ1) is 13.7. The molecular formula is C18H31N5O5S. The molecule has 3 N–H and O–H groups in total. The molecule has 1 fully saturated rings. The first kappa shape index (κ1) is 23.2. The third-order valence-corrected chi connectivity index (χ3v) is 6.18. The van der Waals surface area contributed by atoms with E-state index < -0.39 is 15.9 Å². The molecule has 10 nitrogen and oxygen atoms in total. The molecule has 0 aromatic carbocycles. The van der Waals surface area contributed by atoms with Gasteiger partial charge in [-0.05, 0) is 32.9 Å². The fourth-order valence-electron chi connectivity index (χ4n) is 2.87. The van der Waals surface area contributed by atoms with Crippen molar-refractivity contribution < 1.29 is 22.4 Å². The first-order valence-electron chi connectivity index (χ1n) is 9.74. The van der Waals surface area contributed by atoms with Gasteiger partial charge in [0.15, 0.2) is 11.7 Å². The third-order valence-electron chi connectivity index (χ3n) is 4.35. The number of sulfonamides is 1. The van der Waals surface area contributed by atoms with Crippen LogP contribution in [0.2, 0.25) is 0 Å². The number of nitrogens with one attached hydrogen (secondary N) is 1. The van der Waals surface area contributed by atoms with Crippen molar-refractivity contribution in [2.24, 2.45) is 10.7 Å². The number of amides is 1. The van der Waals surface area contributed by atoms with Crippen LogP contribution >= 0.6 is 0 Å². The first-order valence-corrected chi connectivity index (χ1v) is 11.3. The minimum absolute atomic E-state index is 0.00847. The Morgan fingerprint density at radius 1 is 1.31 bits per heavy atom. The standard InChI is InChI=1S/C18H31N5O5S/c1-4-20-18(21-13-15-5-6-16(28-15)17(19)24)22-7-9-23(10-8-22)29(25,26)12-11-27-14(2)3/h5-6,14H,4,7-13H2,1-3H3,(H2,19,24)(H,20,21). The van der Waals surface area contributed by atoms with E-state index in [1.165, 1.54) is 10.4 Å². The molecule has 0 unspecified atom stereocenters. The number of carbonyl (C=O) groups excluding carboxylic acids is 1. The Labute approximate surface area is 172 Å². The third kappa shape index (κ3) is 7.02. The molecular weight excluding hydrogens is 398 g/mol. The lowest BCUT2D eigenvalue weighted by atomic mass is 10.4. The van der Waals surface area contributed by atoms with Gasteiger partial charge in [-0.2, -0.15) is 4.31 Å². The Morgan fingerprint density at radius 2 is 2.00 bits per heavy atom. The van der Waals surface area contributed by atoms with Crippen molar-refractivity contribution in [2.45, 2.75) is 33.4 Å². The van der Waals surface area contributed by atoms with Gasteiger partial charge in [-0.15, -0.1) is 0 Å². The van der Waals surface area contributed by atoms with Crippen molar-refractivity contribution in [1.82, 2.24) is 14.5 Å². The van der Waals surface area contributed by atoms with E-state index in [1.54, 1.807) is 6.07 Å². The maximum atomic E-state index is 12.5. The predicted octanol–water partition coefficient (Wildman–Crippen LogP) is 0.216. The molecule has 0 aliphatic carbocycles. The number of guanidine groups is 1. The zero-order chi connectivity index (χ0) is 21.4. The second-order valence-electron chi connectivity index (χ2n) is 6.92. The number of piperazine rings is 1. The van der Waals surface area contributed by atoms with Crippen LogP contribution in [0.1, 0.15) is 37.1 Å². The van der Waals surface area contributed by atoms with Crippen LogP contribution in [0.15, 0.2) is 21.5 Å². The van der Waals surface area contributed by atoms with Gasteiger partial charge in [-0.1, -0.05) is 0 Å². The average Bonchev–Trinajstić information content (AvgIpc) is 3.14. The summed E-state index contributed by atoms with van der Waals surface area (Å²) in [5.74, 6) is 0.661. The van der Waals surface area contributed by atoms with E-state index in [0.29, 0.717) is 44.4 Å². The van der Waals surface area contributed by atoms with Crippen molar-refractivity contribution in [3.05, 3.63) is 23.7 Å². The highest BCUT2D eigenvalue weighted by molar-refractivity contribution is 7.89. The Balaban J connectivity index is 1.93. The number of primary amides is 1. The summed E-state index contributed by atoms with van der Waals surface area (Å²) in [5, 5.41) is 3.21. The lowest BCUT2D eigenvalue weighted by Gasteiger charge is -2.35. The number of aliphatic imine (C=N–C) groups is 1. The van der Waals surface area contributed by atoms with E-state index in [0.717, 1.165) is 0 Å². The molecule has 1 aliphatic rings. The van der Waals surface area contributed by atoms with Gasteiger partial charge in [0.25, 0.3) is 5.91 Å². The van der Waals surface area contributed by atoms with Gasteiger partial charge in [-0.3, -0.25) is 4.79 Å². The summed E-state index contributed by atoms with van der Waals surface area (Å²) in [6, 6.07) is 3.18. The summed E-state index contributed by atoms with van der Waals surface area (Å²) in [5.41, 5.74) is 5.19. The maximum Gasteiger partial charge on any atom is 0.284 e. The van der Waals surface area contributed by atoms with Gasteiger partial charge < -0.3 is 25.1 Å². The molecule has 0 saturated carbocycles. The average molecular weight is 430 g/mol. The van der Waals surface area contributed by atoms with E-state index >= 15 is 0 Å². The van der Waals surface area contributed by atoms with Crippen molar-refractivity contribution in [2.75, 3.05) is 45.1 Å². The topological polar surface area (TPSA) is 130 Å². The molecule has 0 spiro atoms. The van der Waals surface area contributed by atoms with Crippen LogP contribution in [0, 0.1) is 0 Å². The van der Waals surface area contributed by atoms with Crippen LogP contribution in [0.25, 0.3) is 0 Å². The summed E-state index contributed by atoms with van der Waals surface area (Å²) >= 11 is 0. The normalized spacial score (nSPS) is 16.4. The molecule has 0 radical (unpaired) electrons. The van der Waals surface area contributed by atoms with Crippen molar-refractivity contribution in [3.8, 4) is 0 Å². The molecule has 1 amide bonds. The highest BCUT2D eigenvalue weighted by atomic mass is 32.2. The van der Waals surface area contributed by atoms with Crippen LogP contribution in [0.5, 0.6) is 0 Å². The highest BCUT2D eigenvalue weighted by Crippen LogP contribution is 2.11. The maximum absolute atomic E-state index is 12.5. The number of rotatable bonds is 9. The quantitative estimate of drug-likeness (QED) is 0.424. The van der Waals surface area contributed by atoms with Crippen LogP contribution in [0.4, 0.5) is 0 Å². The van der Waals surface area contributed by atoms with Crippen LogP contribution in [-0.2, 0) is 21.3 Å². The fraction of sp³-hybridized carbons (Fsp3) is 0.667. The molecule has 2 rings (SSSR count). The largest absolute Gasteiger partial charge is 0.454 e. The summed E-state index contributed by atoms with van der Waals surface area (Å²) in [6.45, 7) is 8.68. The van der Waals surface area contributed by atoms with Crippen LogP contribution in [0.3, 0.4) is 0 Å². The molecule has 29 heavy (non-hydrogen) atoms. The Hall–Kier alpha value is -2.11. The van der Waals surface area contributed by atoms with E-state index in [2.05, 4.69) is 10.3 Å². The number of nitrogens with two attached hydrogens (primary N) is 1. The van der Waals surface area contributed by atoms with Crippen LogP contribution < -0.4 is 11.1 Å². The van der Waals surface area contributed by atoms with Gasteiger partial charge in [0.2, 0.25) is 10.0 Å². The molecule has 164 valence electrons.